The lowest BCUT2D eigenvalue weighted by Gasteiger charge is -2.07. The van der Waals surface area contributed by atoms with E-state index in [1.165, 1.54) is 0 Å². The molecule has 0 saturated heterocycles. The van der Waals surface area contributed by atoms with Crippen LogP contribution < -0.4 is 11.1 Å². The molecule has 4 N–H and O–H groups in total. The summed E-state index contributed by atoms with van der Waals surface area (Å²) in [4.78, 5) is 4.50. The molecule has 102 valence electrons. The smallest absolute Gasteiger partial charge is 0.126 e. The first-order chi connectivity index (χ1) is 9.29. The Morgan fingerprint density at radius 2 is 2.11 bits per heavy atom. The van der Waals surface area contributed by atoms with Gasteiger partial charge in [0.2, 0.25) is 0 Å². The van der Waals surface area contributed by atoms with Crippen LogP contribution in [-0.2, 0) is 4.74 Å². The van der Waals surface area contributed by atoms with Crippen molar-refractivity contribution in [2.24, 2.45) is 0 Å². The highest BCUT2D eigenvalue weighted by Gasteiger charge is 1.98. The van der Waals surface area contributed by atoms with Crippen LogP contribution in [0.25, 0.3) is 10.9 Å². The number of aromatic nitrogens is 1. The zero-order valence-electron chi connectivity index (χ0n) is 10.8. The van der Waals surface area contributed by atoms with Gasteiger partial charge in [-0.05, 0) is 36.8 Å². The number of rotatable bonds is 7. The molecule has 5 heteroatoms. The molecule has 0 amide bonds. The second kappa shape index (κ2) is 6.92. The molecular formula is C14H19N3O2. The minimum atomic E-state index is 0.0722. The van der Waals surface area contributed by atoms with Gasteiger partial charge in [0.1, 0.15) is 5.82 Å². The number of pyridine rings is 1. The first-order valence-electron chi connectivity index (χ1n) is 6.38. The van der Waals surface area contributed by atoms with E-state index in [4.69, 9.17) is 15.6 Å². The molecule has 0 radical (unpaired) electrons. The van der Waals surface area contributed by atoms with E-state index >= 15 is 0 Å². The third-order valence-electron chi connectivity index (χ3n) is 2.72. The van der Waals surface area contributed by atoms with Gasteiger partial charge in [-0.2, -0.15) is 0 Å². The van der Waals surface area contributed by atoms with Gasteiger partial charge in [0.05, 0.1) is 18.7 Å². The Morgan fingerprint density at radius 3 is 2.95 bits per heavy atom. The standard InChI is InChI=1S/C14H19N3O2/c15-12-3-4-13-11(10-12)2-5-14(17-13)16-6-1-8-19-9-7-18/h2-5,10,18H,1,6-9,15H2,(H,16,17). The topological polar surface area (TPSA) is 80.4 Å². The Balaban J connectivity index is 1.86. The first kappa shape index (κ1) is 13.6. The number of anilines is 2. The molecule has 1 aromatic carbocycles. The van der Waals surface area contributed by atoms with E-state index in [-0.39, 0.29) is 6.61 Å². The summed E-state index contributed by atoms with van der Waals surface area (Å²) in [7, 11) is 0. The van der Waals surface area contributed by atoms with Gasteiger partial charge >= 0.3 is 0 Å². The summed E-state index contributed by atoms with van der Waals surface area (Å²) in [6.07, 6.45) is 0.876. The summed E-state index contributed by atoms with van der Waals surface area (Å²) in [5.41, 5.74) is 7.40. The van der Waals surface area contributed by atoms with Gasteiger partial charge in [-0.3, -0.25) is 0 Å². The highest BCUT2D eigenvalue weighted by atomic mass is 16.5. The SMILES string of the molecule is Nc1ccc2nc(NCCCOCCO)ccc2c1. The highest BCUT2D eigenvalue weighted by Crippen LogP contribution is 2.17. The number of aliphatic hydroxyl groups excluding tert-OH is 1. The van der Waals surface area contributed by atoms with Crippen molar-refractivity contribution in [3.05, 3.63) is 30.3 Å². The Labute approximate surface area is 112 Å². The number of fused-ring (bicyclic) bond motifs is 1. The van der Waals surface area contributed by atoms with Crippen LogP contribution in [0.1, 0.15) is 6.42 Å². The van der Waals surface area contributed by atoms with Crippen molar-refractivity contribution in [3.63, 3.8) is 0 Å². The van der Waals surface area contributed by atoms with E-state index < -0.39 is 0 Å². The number of nitrogens with one attached hydrogen (secondary N) is 1. The van der Waals surface area contributed by atoms with Crippen LogP contribution in [0.5, 0.6) is 0 Å². The van der Waals surface area contributed by atoms with E-state index in [0.29, 0.717) is 13.2 Å². The fourth-order valence-corrected chi connectivity index (χ4v) is 1.80. The van der Waals surface area contributed by atoms with Crippen LogP contribution in [0.2, 0.25) is 0 Å². The number of hydrogen-bond acceptors (Lipinski definition) is 5. The molecule has 0 spiro atoms. The molecule has 0 saturated carbocycles. The van der Waals surface area contributed by atoms with E-state index in [1.54, 1.807) is 0 Å². The molecule has 2 rings (SSSR count). The van der Waals surface area contributed by atoms with Crippen molar-refractivity contribution in [2.45, 2.75) is 6.42 Å². The molecule has 0 fully saturated rings. The fraction of sp³-hybridized carbons (Fsp3) is 0.357. The number of aliphatic hydroxyl groups is 1. The molecule has 0 unspecified atom stereocenters. The monoisotopic (exact) mass is 261 g/mol. The molecule has 1 heterocycles. The van der Waals surface area contributed by atoms with Crippen LogP contribution >= 0.6 is 0 Å². The zero-order valence-corrected chi connectivity index (χ0v) is 10.8. The predicted molar refractivity (Wildman–Crippen MR) is 77.2 cm³/mol. The third kappa shape index (κ3) is 4.08. The maximum absolute atomic E-state index is 8.56. The number of nitrogens with zero attached hydrogens (tertiary/aromatic N) is 1. The molecule has 5 nitrogen and oxygen atoms in total. The molecule has 2 aromatic rings. The van der Waals surface area contributed by atoms with Crippen LogP contribution in [-0.4, -0.2) is 36.5 Å². The zero-order chi connectivity index (χ0) is 13.5. The number of hydrogen-bond donors (Lipinski definition) is 3. The molecule has 0 atom stereocenters. The van der Waals surface area contributed by atoms with Gasteiger partial charge in [0, 0.05) is 24.2 Å². The molecule has 1 aromatic heterocycles. The fourth-order valence-electron chi connectivity index (χ4n) is 1.80. The number of ether oxygens (including phenoxy) is 1. The predicted octanol–water partition coefficient (Wildman–Crippen LogP) is 1.63. The van der Waals surface area contributed by atoms with E-state index in [9.17, 15) is 0 Å². The van der Waals surface area contributed by atoms with Crippen LogP contribution in [0.3, 0.4) is 0 Å². The molecule has 0 aliphatic carbocycles. The second-order valence-corrected chi connectivity index (χ2v) is 4.26. The maximum atomic E-state index is 8.56. The van der Waals surface area contributed by atoms with Crippen molar-refractivity contribution >= 4 is 22.4 Å². The lowest BCUT2D eigenvalue weighted by atomic mass is 10.2. The van der Waals surface area contributed by atoms with E-state index in [2.05, 4.69) is 10.3 Å². The Kier molecular flexibility index (Phi) is 4.94. The lowest BCUT2D eigenvalue weighted by Crippen LogP contribution is -2.08. The van der Waals surface area contributed by atoms with Crippen molar-refractivity contribution < 1.29 is 9.84 Å². The van der Waals surface area contributed by atoms with Crippen molar-refractivity contribution in [2.75, 3.05) is 37.4 Å². The average Bonchev–Trinajstić information content (AvgIpc) is 2.43. The summed E-state index contributed by atoms with van der Waals surface area (Å²) < 4.78 is 5.18. The van der Waals surface area contributed by atoms with Crippen molar-refractivity contribution in [3.8, 4) is 0 Å². The molecular weight excluding hydrogens is 242 g/mol. The Bertz CT molecular complexity index is 531. The summed E-state index contributed by atoms with van der Waals surface area (Å²) in [5.74, 6) is 0.847. The van der Waals surface area contributed by atoms with Crippen molar-refractivity contribution in [1.82, 2.24) is 4.98 Å². The lowest BCUT2D eigenvalue weighted by molar-refractivity contribution is 0.0922. The van der Waals surface area contributed by atoms with Gasteiger partial charge in [-0.25, -0.2) is 4.98 Å². The third-order valence-corrected chi connectivity index (χ3v) is 2.72. The minimum absolute atomic E-state index is 0.0722. The van der Waals surface area contributed by atoms with Crippen LogP contribution in [0, 0.1) is 0 Å². The van der Waals surface area contributed by atoms with Crippen LogP contribution in [0.15, 0.2) is 30.3 Å². The Hall–Kier alpha value is -1.85. The van der Waals surface area contributed by atoms with Gasteiger partial charge in [-0.1, -0.05) is 0 Å². The molecule has 0 aliphatic heterocycles. The second-order valence-electron chi connectivity index (χ2n) is 4.26. The van der Waals surface area contributed by atoms with Gasteiger partial charge in [-0.15, -0.1) is 0 Å². The summed E-state index contributed by atoms with van der Waals surface area (Å²) in [5, 5.41) is 12.8. The van der Waals surface area contributed by atoms with Gasteiger partial charge in [0.15, 0.2) is 0 Å². The van der Waals surface area contributed by atoms with Crippen LogP contribution in [0.4, 0.5) is 11.5 Å². The summed E-state index contributed by atoms with van der Waals surface area (Å²) >= 11 is 0. The normalized spacial score (nSPS) is 10.8. The maximum Gasteiger partial charge on any atom is 0.126 e. The van der Waals surface area contributed by atoms with E-state index in [1.807, 2.05) is 30.3 Å². The first-order valence-corrected chi connectivity index (χ1v) is 6.38. The quantitative estimate of drug-likeness (QED) is 0.521. The van der Waals surface area contributed by atoms with E-state index in [0.717, 1.165) is 35.4 Å². The average molecular weight is 261 g/mol. The molecule has 0 aliphatic rings. The highest BCUT2D eigenvalue weighted by molar-refractivity contribution is 5.83. The number of nitrogen functional groups attached to an aromatic ring is 1. The molecule has 0 bridgehead atoms. The van der Waals surface area contributed by atoms with Gasteiger partial charge < -0.3 is 20.9 Å². The summed E-state index contributed by atoms with van der Waals surface area (Å²) in [6, 6.07) is 9.62. The number of nitrogens with two attached hydrogens (primary N) is 1. The minimum Gasteiger partial charge on any atom is -0.399 e. The summed E-state index contributed by atoms with van der Waals surface area (Å²) in [6.45, 7) is 1.90. The largest absolute Gasteiger partial charge is 0.399 e. The van der Waals surface area contributed by atoms with Crippen molar-refractivity contribution in [1.29, 1.82) is 0 Å². The Morgan fingerprint density at radius 1 is 1.21 bits per heavy atom. The molecule has 19 heavy (non-hydrogen) atoms. The number of benzene rings is 1. The van der Waals surface area contributed by atoms with Gasteiger partial charge in [0.25, 0.3) is 0 Å².